The van der Waals surface area contributed by atoms with Crippen LogP contribution in [0.3, 0.4) is 0 Å². The van der Waals surface area contributed by atoms with Gasteiger partial charge in [-0.15, -0.1) is 0 Å². The molecule has 0 amide bonds. The molecule has 1 saturated heterocycles. The maximum absolute atomic E-state index is 4.98. The zero-order chi connectivity index (χ0) is 22.2. The van der Waals surface area contributed by atoms with Crippen LogP contribution >= 0.6 is 0 Å². The van der Waals surface area contributed by atoms with Crippen molar-refractivity contribution in [2.45, 2.75) is 40.5 Å². The van der Waals surface area contributed by atoms with Crippen molar-refractivity contribution in [1.29, 1.82) is 0 Å². The second-order valence-electron chi connectivity index (χ2n) is 9.35. The lowest BCUT2D eigenvalue weighted by Gasteiger charge is -2.19. The van der Waals surface area contributed by atoms with E-state index in [9.17, 15) is 0 Å². The zero-order valence-electron chi connectivity index (χ0n) is 19.3. The Hall–Kier alpha value is -3.28. The SMILES string of the molecule is Cc1cc(C)nc(Cc2nc(Cc3ccn4ccnc4c3)cc(N3CC(C)C(C)C3)n2)c1. The third-order valence-electron chi connectivity index (χ3n) is 6.46. The fraction of sp³-hybridized carbons (Fsp3) is 0.385. The summed E-state index contributed by atoms with van der Waals surface area (Å²) in [6.07, 6.45) is 7.25. The molecule has 5 rings (SSSR count). The predicted octanol–water partition coefficient (Wildman–Crippen LogP) is 4.41. The first-order chi connectivity index (χ1) is 15.4. The number of hydrogen-bond acceptors (Lipinski definition) is 5. The Balaban J connectivity index is 1.49. The van der Waals surface area contributed by atoms with E-state index in [1.165, 1.54) is 11.1 Å². The van der Waals surface area contributed by atoms with Gasteiger partial charge in [0.15, 0.2) is 0 Å². The maximum Gasteiger partial charge on any atom is 0.136 e. The normalized spacial score (nSPS) is 18.6. The van der Waals surface area contributed by atoms with Crippen LogP contribution in [0, 0.1) is 25.7 Å². The van der Waals surface area contributed by atoms with Crippen molar-refractivity contribution in [2.75, 3.05) is 18.0 Å². The molecule has 6 nitrogen and oxygen atoms in total. The van der Waals surface area contributed by atoms with E-state index in [1.807, 2.05) is 23.7 Å². The van der Waals surface area contributed by atoms with E-state index in [0.717, 1.165) is 53.9 Å². The summed E-state index contributed by atoms with van der Waals surface area (Å²) < 4.78 is 2.03. The van der Waals surface area contributed by atoms with E-state index in [-0.39, 0.29) is 0 Å². The van der Waals surface area contributed by atoms with Crippen LogP contribution in [-0.2, 0) is 12.8 Å². The van der Waals surface area contributed by atoms with Gasteiger partial charge in [-0.05, 0) is 61.1 Å². The molecule has 1 aliphatic rings. The first-order valence-corrected chi connectivity index (χ1v) is 11.4. The van der Waals surface area contributed by atoms with Crippen molar-refractivity contribution in [2.24, 2.45) is 11.8 Å². The lowest BCUT2D eigenvalue weighted by molar-refractivity contribution is 0.494. The van der Waals surface area contributed by atoms with Crippen molar-refractivity contribution in [3.05, 3.63) is 83.0 Å². The van der Waals surface area contributed by atoms with Gasteiger partial charge in [0.25, 0.3) is 0 Å². The molecule has 4 aromatic heterocycles. The summed E-state index contributed by atoms with van der Waals surface area (Å²) in [5.74, 6) is 3.21. The Morgan fingerprint density at radius 2 is 1.66 bits per heavy atom. The van der Waals surface area contributed by atoms with Crippen LogP contribution in [-0.4, -0.2) is 37.4 Å². The second-order valence-corrected chi connectivity index (χ2v) is 9.35. The Kier molecular flexibility index (Phi) is 5.37. The van der Waals surface area contributed by atoms with Crippen LogP contribution in [0.15, 0.2) is 48.9 Å². The summed E-state index contributed by atoms with van der Waals surface area (Å²) in [7, 11) is 0. The molecular weight excluding hydrogens is 396 g/mol. The number of imidazole rings is 1. The molecule has 2 unspecified atom stereocenters. The number of anilines is 1. The average Bonchev–Trinajstić information content (AvgIpc) is 3.33. The van der Waals surface area contributed by atoms with Gasteiger partial charge in [0.2, 0.25) is 0 Å². The van der Waals surface area contributed by atoms with Gasteiger partial charge in [0.05, 0.1) is 12.1 Å². The molecule has 0 N–H and O–H groups in total. The summed E-state index contributed by atoms with van der Waals surface area (Å²) in [6, 6.07) is 10.7. The lowest BCUT2D eigenvalue weighted by atomic mass is 10.0. The van der Waals surface area contributed by atoms with Gasteiger partial charge < -0.3 is 9.30 Å². The predicted molar refractivity (Wildman–Crippen MR) is 127 cm³/mol. The van der Waals surface area contributed by atoms with E-state index in [0.29, 0.717) is 18.3 Å². The fourth-order valence-corrected chi connectivity index (χ4v) is 4.63. The van der Waals surface area contributed by atoms with Gasteiger partial charge in [0.1, 0.15) is 17.3 Å². The monoisotopic (exact) mass is 426 g/mol. The van der Waals surface area contributed by atoms with Gasteiger partial charge in [-0.1, -0.05) is 13.8 Å². The Morgan fingerprint density at radius 1 is 0.875 bits per heavy atom. The molecule has 0 saturated carbocycles. The summed E-state index contributed by atoms with van der Waals surface area (Å²) in [6.45, 7) is 10.9. The summed E-state index contributed by atoms with van der Waals surface area (Å²) in [4.78, 5) is 21.5. The standard InChI is InChI=1S/C26H30N6/c1-17-9-20(4)28-22(10-17)13-24-29-23(11-21-5-7-31-8-6-27-25(31)12-21)14-26(30-24)32-15-18(2)19(3)16-32/h5-10,12,14,18-19H,11,13,15-16H2,1-4H3. The molecule has 0 spiro atoms. The minimum Gasteiger partial charge on any atom is -0.356 e. The third-order valence-corrected chi connectivity index (χ3v) is 6.46. The van der Waals surface area contributed by atoms with Crippen LogP contribution in [0.5, 0.6) is 0 Å². The highest BCUT2D eigenvalue weighted by molar-refractivity contribution is 5.45. The molecule has 0 bridgehead atoms. The molecule has 1 aliphatic heterocycles. The number of nitrogens with zero attached hydrogens (tertiary/aromatic N) is 6. The minimum atomic E-state index is 0.640. The van der Waals surface area contributed by atoms with Gasteiger partial charge in [-0.2, -0.15) is 0 Å². The van der Waals surface area contributed by atoms with Gasteiger partial charge >= 0.3 is 0 Å². The van der Waals surface area contributed by atoms with Crippen LogP contribution in [0.25, 0.3) is 5.65 Å². The highest BCUT2D eigenvalue weighted by Gasteiger charge is 2.27. The first kappa shape index (κ1) is 20.6. The lowest BCUT2D eigenvalue weighted by Crippen LogP contribution is -2.22. The molecule has 6 heteroatoms. The molecule has 1 fully saturated rings. The van der Waals surface area contributed by atoms with Crippen LogP contribution in [0.4, 0.5) is 5.82 Å². The molecule has 4 aromatic rings. The van der Waals surface area contributed by atoms with Gasteiger partial charge in [0, 0.05) is 55.6 Å². The summed E-state index contributed by atoms with van der Waals surface area (Å²) >= 11 is 0. The number of hydrogen-bond donors (Lipinski definition) is 0. The number of fused-ring (bicyclic) bond motifs is 1. The molecule has 164 valence electrons. The van der Waals surface area contributed by atoms with Crippen molar-refractivity contribution < 1.29 is 0 Å². The number of aromatic nitrogens is 5. The number of rotatable bonds is 5. The van der Waals surface area contributed by atoms with Crippen LogP contribution in [0.2, 0.25) is 0 Å². The van der Waals surface area contributed by atoms with Gasteiger partial charge in [-0.25, -0.2) is 15.0 Å². The van der Waals surface area contributed by atoms with E-state index in [1.54, 1.807) is 0 Å². The largest absolute Gasteiger partial charge is 0.356 e. The van der Waals surface area contributed by atoms with Crippen molar-refractivity contribution in [3.63, 3.8) is 0 Å². The fourth-order valence-electron chi connectivity index (χ4n) is 4.63. The minimum absolute atomic E-state index is 0.640. The number of aryl methyl sites for hydroxylation is 2. The molecule has 0 aromatic carbocycles. The highest BCUT2D eigenvalue weighted by atomic mass is 15.2. The smallest absolute Gasteiger partial charge is 0.136 e. The van der Waals surface area contributed by atoms with Crippen molar-refractivity contribution >= 4 is 11.5 Å². The van der Waals surface area contributed by atoms with Crippen LogP contribution < -0.4 is 4.90 Å². The quantitative estimate of drug-likeness (QED) is 0.473. The topological polar surface area (TPSA) is 59.2 Å². The summed E-state index contributed by atoms with van der Waals surface area (Å²) in [5, 5.41) is 0. The van der Waals surface area contributed by atoms with E-state index < -0.39 is 0 Å². The Labute approximate surface area is 189 Å². The summed E-state index contributed by atoms with van der Waals surface area (Å²) in [5.41, 5.74) is 6.47. The second kappa shape index (κ2) is 8.34. The zero-order valence-corrected chi connectivity index (χ0v) is 19.3. The van der Waals surface area contributed by atoms with Crippen LogP contribution in [0.1, 0.15) is 47.9 Å². The molecule has 5 heterocycles. The molecule has 2 atom stereocenters. The molecular formula is C26H30N6. The maximum atomic E-state index is 4.98. The third kappa shape index (κ3) is 4.35. The Bertz CT molecular complexity index is 1230. The van der Waals surface area contributed by atoms with E-state index in [4.69, 9.17) is 15.0 Å². The van der Waals surface area contributed by atoms with Crippen molar-refractivity contribution in [1.82, 2.24) is 24.3 Å². The van der Waals surface area contributed by atoms with Gasteiger partial charge in [-0.3, -0.25) is 4.98 Å². The highest BCUT2D eigenvalue weighted by Crippen LogP contribution is 2.27. The van der Waals surface area contributed by atoms with Crippen molar-refractivity contribution in [3.8, 4) is 0 Å². The molecule has 0 radical (unpaired) electrons. The van der Waals surface area contributed by atoms with E-state index >= 15 is 0 Å². The number of pyridine rings is 2. The Morgan fingerprint density at radius 3 is 2.44 bits per heavy atom. The van der Waals surface area contributed by atoms with E-state index in [2.05, 4.69) is 67.2 Å². The average molecular weight is 427 g/mol. The first-order valence-electron chi connectivity index (χ1n) is 11.4. The molecule has 0 aliphatic carbocycles. The molecule has 32 heavy (non-hydrogen) atoms.